The normalized spacial score (nSPS) is 16.3. The summed E-state index contributed by atoms with van der Waals surface area (Å²) in [7, 11) is 0. The first kappa shape index (κ1) is 21.7. The number of nitrogens with zero attached hydrogens (tertiary/aromatic N) is 3. The number of nitrogens with two attached hydrogens (primary N) is 1. The van der Waals surface area contributed by atoms with Crippen LogP contribution >= 0.6 is 11.3 Å². The summed E-state index contributed by atoms with van der Waals surface area (Å²) in [5.74, 6) is 7.14. The van der Waals surface area contributed by atoms with Crippen LogP contribution in [0.4, 0.5) is 5.95 Å². The van der Waals surface area contributed by atoms with Crippen molar-refractivity contribution in [3.05, 3.63) is 70.2 Å². The molecule has 1 aromatic carbocycles. The van der Waals surface area contributed by atoms with Gasteiger partial charge in [0, 0.05) is 34.1 Å². The van der Waals surface area contributed by atoms with Gasteiger partial charge in [0.15, 0.2) is 0 Å². The van der Waals surface area contributed by atoms with E-state index in [1.54, 1.807) is 12.3 Å². The summed E-state index contributed by atoms with van der Waals surface area (Å²) in [6.45, 7) is 0. The number of hydrogen-bond acceptors (Lipinski definition) is 6. The van der Waals surface area contributed by atoms with E-state index in [-0.39, 0.29) is 5.95 Å². The summed E-state index contributed by atoms with van der Waals surface area (Å²) in [5.41, 5.74) is 7.65. The maximum absolute atomic E-state index is 10.8. The number of thiophene rings is 1. The fraction of sp³-hybridized carbons (Fsp3) is 0.308. The highest BCUT2D eigenvalue weighted by Gasteiger charge is 2.26. The van der Waals surface area contributed by atoms with Gasteiger partial charge in [0.2, 0.25) is 5.95 Å². The van der Waals surface area contributed by atoms with E-state index < -0.39 is 11.7 Å². The zero-order chi connectivity index (χ0) is 22.8. The molecule has 0 radical (unpaired) electrons. The molecule has 4 N–H and O–H groups in total. The lowest BCUT2D eigenvalue weighted by Crippen LogP contribution is -2.29. The average Bonchev–Trinajstić information content (AvgIpc) is 3.46. The molecule has 3 aromatic heterocycles. The van der Waals surface area contributed by atoms with Crippen molar-refractivity contribution in [3.63, 3.8) is 0 Å². The van der Waals surface area contributed by atoms with E-state index in [9.17, 15) is 10.2 Å². The molecule has 1 unspecified atom stereocenters. The average molecular weight is 459 g/mol. The van der Waals surface area contributed by atoms with Crippen molar-refractivity contribution in [1.82, 2.24) is 14.5 Å². The van der Waals surface area contributed by atoms with Gasteiger partial charge >= 0.3 is 0 Å². The second-order valence-corrected chi connectivity index (χ2v) is 9.57. The van der Waals surface area contributed by atoms with Gasteiger partial charge in [-0.05, 0) is 61.4 Å². The van der Waals surface area contributed by atoms with Crippen LogP contribution in [0.2, 0.25) is 0 Å². The largest absolute Gasteiger partial charge is 0.387 e. The fourth-order valence-corrected chi connectivity index (χ4v) is 5.19. The van der Waals surface area contributed by atoms with Crippen molar-refractivity contribution in [3.8, 4) is 17.7 Å². The predicted octanol–water partition coefficient (Wildman–Crippen LogP) is 4.39. The van der Waals surface area contributed by atoms with E-state index in [2.05, 4.69) is 27.9 Å². The van der Waals surface area contributed by atoms with Crippen molar-refractivity contribution in [2.75, 3.05) is 5.73 Å². The summed E-state index contributed by atoms with van der Waals surface area (Å²) in [4.78, 5) is 9.37. The Hall–Kier alpha value is -3.18. The first-order valence-electron chi connectivity index (χ1n) is 11.2. The molecule has 1 fully saturated rings. The van der Waals surface area contributed by atoms with Crippen molar-refractivity contribution in [2.45, 2.75) is 50.2 Å². The van der Waals surface area contributed by atoms with Crippen LogP contribution < -0.4 is 5.73 Å². The number of anilines is 1. The van der Waals surface area contributed by atoms with E-state index in [0.29, 0.717) is 12.2 Å². The zero-order valence-corrected chi connectivity index (χ0v) is 19.1. The minimum Gasteiger partial charge on any atom is -0.387 e. The first-order chi connectivity index (χ1) is 16.0. The smallest absolute Gasteiger partial charge is 0.221 e. The highest BCUT2D eigenvalue weighted by atomic mass is 32.1. The number of nitrogen functional groups attached to an aromatic ring is 1. The lowest BCUT2D eigenvalue weighted by molar-refractivity contribution is 0.0610. The fourth-order valence-electron chi connectivity index (χ4n) is 4.47. The number of aromatic nitrogens is 3. The molecule has 1 saturated carbocycles. The van der Waals surface area contributed by atoms with Gasteiger partial charge in [0.1, 0.15) is 11.4 Å². The molecule has 1 atom stereocenters. The van der Waals surface area contributed by atoms with Gasteiger partial charge in [-0.15, -0.1) is 11.3 Å². The molecule has 6 nitrogen and oxygen atoms in total. The maximum Gasteiger partial charge on any atom is 0.221 e. The van der Waals surface area contributed by atoms with E-state index in [0.717, 1.165) is 59.1 Å². The number of aliphatic hydroxyl groups excluding tert-OH is 1. The standard InChI is InChI=1S/C26H26N4O2S/c27-25-28-13-9-24(29-25)30-20(17-22(31)23-5-4-14-33-23)16-19-7-6-18(15-21(19)30)8-12-26(32)10-2-1-3-11-26/h4-7,9,13-16,22,31-32H,1-3,10-11,17H2,(H2,27,28,29). The van der Waals surface area contributed by atoms with Gasteiger partial charge in [-0.3, -0.25) is 4.57 Å². The van der Waals surface area contributed by atoms with Crippen LogP contribution in [0.5, 0.6) is 0 Å². The summed E-state index contributed by atoms with van der Waals surface area (Å²) in [5, 5.41) is 24.6. The summed E-state index contributed by atoms with van der Waals surface area (Å²) in [6, 6.07) is 13.7. The number of rotatable bonds is 4. The third-order valence-corrected chi connectivity index (χ3v) is 7.14. The molecule has 0 aliphatic heterocycles. The minimum absolute atomic E-state index is 0.189. The van der Waals surface area contributed by atoms with E-state index >= 15 is 0 Å². The molecule has 1 aliphatic carbocycles. The Kier molecular flexibility index (Phi) is 5.90. The Labute approximate surface area is 196 Å². The molecule has 0 spiro atoms. The lowest BCUT2D eigenvalue weighted by atomic mass is 9.85. The third-order valence-electron chi connectivity index (χ3n) is 6.16. The van der Waals surface area contributed by atoms with Crippen LogP contribution in [0, 0.1) is 11.8 Å². The predicted molar refractivity (Wildman–Crippen MR) is 131 cm³/mol. The highest BCUT2D eigenvalue weighted by molar-refractivity contribution is 7.10. The molecule has 0 amide bonds. The Balaban J connectivity index is 1.58. The van der Waals surface area contributed by atoms with Crippen molar-refractivity contribution < 1.29 is 10.2 Å². The second-order valence-electron chi connectivity index (χ2n) is 8.60. The van der Waals surface area contributed by atoms with Crippen LogP contribution in [0.15, 0.2) is 54.0 Å². The van der Waals surface area contributed by atoms with Gasteiger partial charge < -0.3 is 15.9 Å². The Bertz CT molecular complexity index is 1330. The summed E-state index contributed by atoms with van der Waals surface area (Å²) in [6.07, 6.45) is 6.08. The van der Waals surface area contributed by atoms with Crippen molar-refractivity contribution in [2.24, 2.45) is 0 Å². The Morgan fingerprint density at radius 1 is 1.15 bits per heavy atom. The van der Waals surface area contributed by atoms with Gasteiger partial charge in [-0.25, -0.2) is 4.98 Å². The first-order valence-corrected chi connectivity index (χ1v) is 12.1. The number of aliphatic hydroxyl groups is 2. The van der Waals surface area contributed by atoms with Crippen molar-refractivity contribution >= 4 is 28.2 Å². The molecular formula is C26H26N4O2S. The monoisotopic (exact) mass is 458 g/mol. The maximum atomic E-state index is 10.8. The molecular weight excluding hydrogens is 432 g/mol. The Morgan fingerprint density at radius 2 is 2.00 bits per heavy atom. The molecule has 7 heteroatoms. The summed E-state index contributed by atoms with van der Waals surface area (Å²) >= 11 is 1.54. The highest BCUT2D eigenvalue weighted by Crippen LogP contribution is 2.30. The molecule has 33 heavy (non-hydrogen) atoms. The number of benzene rings is 1. The second kappa shape index (κ2) is 8.99. The van der Waals surface area contributed by atoms with Gasteiger partial charge in [-0.1, -0.05) is 30.4 Å². The molecule has 0 saturated heterocycles. The SMILES string of the molecule is Nc1nccc(-n2c(CC(O)c3cccs3)cc3ccc(C#CC4(O)CCCCC4)cc32)n1. The molecule has 0 bridgehead atoms. The minimum atomic E-state index is -0.897. The van der Waals surface area contributed by atoms with Crippen LogP contribution in [-0.4, -0.2) is 30.3 Å². The Morgan fingerprint density at radius 3 is 2.76 bits per heavy atom. The number of fused-ring (bicyclic) bond motifs is 1. The van der Waals surface area contributed by atoms with Gasteiger partial charge in [-0.2, -0.15) is 4.98 Å². The third kappa shape index (κ3) is 4.64. The topological polar surface area (TPSA) is 97.2 Å². The number of hydrogen-bond donors (Lipinski definition) is 3. The molecule has 3 heterocycles. The van der Waals surface area contributed by atoms with Crippen molar-refractivity contribution in [1.29, 1.82) is 0 Å². The summed E-state index contributed by atoms with van der Waals surface area (Å²) < 4.78 is 2.00. The van der Waals surface area contributed by atoms with E-state index in [1.165, 1.54) is 11.3 Å². The van der Waals surface area contributed by atoms with Gasteiger partial charge in [0.05, 0.1) is 11.6 Å². The van der Waals surface area contributed by atoms with E-state index in [1.807, 2.05) is 40.3 Å². The zero-order valence-electron chi connectivity index (χ0n) is 18.2. The van der Waals surface area contributed by atoms with Gasteiger partial charge in [0.25, 0.3) is 0 Å². The van der Waals surface area contributed by atoms with Crippen LogP contribution in [0.1, 0.15) is 54.3 Å². The molecule has 1 aliphatic rings. The van der Waals surface area contributed by atoms with Crippen LogP contribution in [-0.2, 0) is 6.42 Å². The van der Waals surface area contributed by atoms with Crippen LogP contribution in [0.25, 0.3) is 16.7 Å². The van der Waals surface area contributed by atoms with E-state index in [4.69, 9.17) is 5.73 Å². The lowest BCUT2D eigenvalue weighted by Gasteiger charge is -2.26. The molecule has 168 valence electrons. The molecule has 5 rings (SSSR count). The quantitative estimate of drug-likeness (QED) is 0.394. The molecule has 4 aromatic rings. The van der Waals surface area contributed by atoms with Crippen LogP contribution in [0.3, 0.4) is 0 Å².